The Hall–Kier alpha value is -1.26. The number of rotatable bonds is 3. The van der Waals surface area contributed by atoms with Gasteiger partial charge in [-0.15, -0.1) is 0 Å². The van der Waals surface area contributed by atoms with Gasteiger partial charge in [-0.1, -0.05) is 0 Å². The molecule has 0 spiro atoms. The van der Waals surface area contributed by atoms with Gasteiger partial charge in [0.2, 0.25) is 0 Å². The second kappa shape index (κ2) is 5.26. The molecular weight excluding hydrogens is 258 g/mol. The minimum Gasteiger partial charge on any atom is -0.480 e. The van der Waals surface area contributed by atoms with Crippen LogP contribution in [0.5, 0.6) is 0 Å². The highest BCUT2D eigenvalue weighted by molar-refractivity contribution is 5.81. The highest BCUT2D eigenvalue weighted by Crippen LogP contribution is 2.52. The van der Waals surface area contributed by atoms with Crippen LogP contribution in [-0.4, -0.2) is 28.8 Å². The van der Waals surface area contributed by atoms with Crippen molar-refractivity contribution in [3.8, 4) is 0 Å². The van der Waals surface area contributed by atoms with Crippen LogP contribution in [0.4, 0.5) is 4.79 Å². The molecule has 3 aliphatic rings. The second-order valence-electron chi connectivity index (χ2n) is 7.26. The molecule has 5 nitrogen and oxygen atoms in total. The van der Waals surface area contributed by atoms with E-state index in [-0.39, 0.29) is 5.41 Å². The number of aliphatic carboxylic acids is 1. The molecule has 2 N–H and O–H groups in total. The largest absolute Gasteiger partial charge is 0.480 e. The zero-order valence-electron chi connectivity index (χ0n) is 12.6. The molecule has 3 rings (SSSR count). The maximum absolute atomic E-state index is 11.9. The average molecular weight is 283 g/mol. The first kappa shape index (κ1) is 15.1. The Bertz CT molecular complexity index is 377. The molecule has 0 saturated heterocycles. The summed E-state index contributed by atoms with van der Waals surface area (Å²) in [6.07, 6.45) is 5.30. The summed E-state index contributed by atoms with van der Waals surface area (Å²) in [7, 11) is 0. The Morgan fingerprint density at radius 2 is 1.70 bits per heavy atom. The Balaban J connectivity index is 2.07. The molecule has 0 aliphatic heterocycles. The van der Waals surface area contributed by atoms with Crippen LogP contribution in [0.15, 0.2) is 0 Å². The highest BCUT2D eigenvalue weighted by Gasteiger charge is 2.49. The molecule has 3 fully saturated rings. The molecule has 0 heterocycles. The van der Waals surface area contributed by atoms with E-state index in [0.717, 1.165) is 44.4 Å². The van der Waals surface area contributed by atoms with Crippen molar-refractivity contribution in [2.75, 3.05) is 0 Å². The van der Waals surface area contributed by atoms with Crippen molar-refractivity contribution in [1.82, 2.24) is 5.32 Å². The third-order valence-electron chi connectivity index (χ3n) is 4.67. The zero-order valence-corrected chi connectivity index (χ0v) is 12.6. The molecule has 1 atom stereocenters. The van der Waals surface area contributed by atoms with Crippen LogP contribution in [0, 0.1) is 11.3 Å². The first-order valence-corrected chi connectivity index (χ1v) is 7.44. The lowest BCUT2D eigenvalue weighted by atomic mass is 9.57. The zero-order chi connectivity index (χ0) is 15.0. The van der Waals surface area contributed by atoms with Gasteiger partial charge in [0.25, 0.3) is 0 Å². The third kappa shape index (κ3) is 3.25. The summed E-state index contributed by atoms with van der Waals surface area (Å²) in [6, 6.07) is -0.835. The first-order chi connectivity index (χ1) is 9.22. The fourth-order valence-corrected chi connectivity index (χ4v) is 3.62. The number of hydrogen-bond acceptors (Lipinski definition) is 3. The summed E-state index contributed by atoms with van der Waals surface area (Å²) in [5, 5.41) is 12.1. The number of carbonyl (C=O) groups excluding carboxylic acids is 1. The Labute approximate surface area is 120 Å². The van der Waals surface area contributed by atoms with Gasteiger partial charge in [0.15, 0.2) is 0 Å². The summed E-state index contributed by atoms with van der Waals surface area (Å²) in [6.45, 7) is 5.31. The predicted molar refractivity (Wildman–Crippen MR) is 74.4 cm³/mol. The molecule has 3 saturated carbocycles. The van der Waals surface area contributed by atoms with Crippen LogP contribution in [0.1, 0.15) is 59.3 Å². The Morgan fingerprint density at radius 3 is 2.10 bits per heavy atom. The van der Waals surface area contributed by atoms with Gasteiger partial charge in [-0.2, -0.15) is 0 Å². The minimum atomic E-state index is -0.948. The van der Waals surface area contributed by atoms with Gasteiger partial charge < -0.3 is 15.2 Å². The van der Waals surface area contributed by atoms with Gasteiger partial charge in [-0.05, 0) is 65.2 Å². The Morgan fingerprint density at radius 1 is 1.20 bits per heavy atom. The van der Waals surface area contributed by atoms with Gasteiger partial charge in [0.1, 0.15) is 11.6 Å². The summed E-state index contributed by atoms with van der Waals surface area (Å²) in [5.41, 5.74) is -0.896. The lowest BCUT2D eigenvalue weighted by Gasteiger charge is -2.49. The molecule has 20 heavy (non-hydrogen) atoms. The van der Waals surface area contributed by atoms with Crippen molar-refractivity contribution in [2.45, 2.75) is 70.9 Å². The number of alkyl carbamates (subject to hydrolysis) is 1. The van der Waals surface area contributed by atoms with Crippen molar-refractivity contribution in [1.29, 1.82) is 0 Å². The van der Waals surface area contributed by atoms with E-state index in [2.05, 4.69) is 5.32 Å². The smallest absolute Gasteiger partial charge is 0.408 e. The lowest BCUT2D eigenvalue weighted by molar-refractivity contribution is -0.146. The fourth-order valence-electron chi connectivity index (χ4n) is 3.62. The van der Waals surface area contributed by atoms with Crippen LogP contribution in [-0.2, 0) is 9.53 Å². The van der Waals surface area contributed by atoms with Crippen molar-refractivity contribution in [3.05, 3.63) is 0 Å². The quantitative estimate of drug-likeness (QED) is 0.835. The number of amides is 1. The molecule has 0 radical (unpaired) electrons. The number of nitrogens with one attached hydrogen (secondary N) is 1. The van der Waals surface area contributed by atoms with Gasteiger partial charge >= 0.3 is 12.1 Å². The molecule has 0 aromatic carbocycles. The van der Waals surface area contributed by atoms with Crippen molar-refractivity contribution in [3.63, 3.8) is 0 Å². The lowest BCUT2D eigenvalue weighted by Crippen LogP contribution is -2.56. The standard InChI is InChI=1S/C15H25NO4/c1-14(2,3)20-13(19)16-11(12(17)18)15-7-4-10(5-8-15)6-9-15/h10-11H,4-9H2,1-3H3,(H,16,19)(H,17,18)/t10?,11-,15?/m1/s1. The maximum Gasteiger partial charge on any atom is 0.408 e. The van der Waals surface area contributed by atoms with E-state index in [9.17, 15) is 14.7 Å². The average Bonchev–Trinajstić information content (AvgIpc) is 2.35. The molecule has 1 amide bonds. The molecule has 0 unspecified atom stereocenters. The van der Waals surface area contributed by atoms with Gasteiger partial charge in [-0.25, -0.2) is 9.59 Å². The van der Waals surface area contributed by atoms with E-state index >= 15 is 0 Å². The van der Waals surface area contributed by atoms with Crippen molar-refractivity contribution >= 4 is 12.1 Å². The van der Waals surface area contributed by atoms with E-state index in [1.807, 2.05) is 0 Å². The van der Waals surface area contributed by atoms with Gasteiger partial charge in [-0.3, -0.25) is 0 Å². The maximum atomic E-state index is 11.9. The monoisotopic (exact) mass is 283 g/mol. The first-order valence-electron chi connectivity index (χ1n) is 7.44. The number of carboxylic acid groups (broad SMARTS) is 1. The van der Waals surface area contributed by atoms with E-state index < -0.39 is 23.7 Å². The SMILES string of the molecule is CC(C)(C)OC(=O)N[C@H](C(=O)O)C12CCC(CC1)CC2. The van der Waals surface area contributed by atoms with Crippen LogP contribution in [0.2, 0.25) is 0 Å². The second-order valence-corrected chi connectivity index (χ2v) is 7.26. The molecule has 2 bridgehead atoms. The molecule has 0 aromatic rings. The molecule has 5 heteroatoms. The number of carbonyl (C=O) groups is 2. The fraction of sp³-hybridized carbons (Fsp3) is 0.867. The molecular formula is C15H25NO4. The number of hydrogen-bond donors (Lipinski definition) is 2. The van der Waals surface area contributed by atoms with Crippen LogP contribution in [0.3, 0.4) is 0 Å². The van der Waals surface area contributed by atoms with Crippen molar-refractivity contribution < 1.29 is 19.4 Å². The summed E-state index contributed by atoms with van der Waals surface area (Å²) < 4.78 is 5.20. The van der Waals surface area contributed by atoms with E-state index in [4.69, 9.17) is 4.74 Å². The van der Waals surface area contributed by atoms with Gasteiger partial charge in [0, 0.05) is 5.41 Å². The summed E-state index contributed by atoms with van der Waals surface area (Å²) in [5.74, 6) is -0.191. The molecule has 114 valence electrons. The van der Waals surface area contributed by atoms with Crippen molar-refractivity contribution in [2.24, 2.45) is 11.3 Å². The summed E-state index contributed by atoms with van der Waals surface area (Å²) in [4.78, 5) is 23.5. The molecule has 3 aliphatic carbocycles. The predicted octanol–water partition coefficient (Wildman–Crippen LogP) is 2.93. The van der Waals surface area contributed by atoms with E-state index in [1.165, 1.54) is 0 Å². The van der Waals surface area contributed by atoms with E-state index in [1.54, 1.807) is 20.8 Å². The number of carboxylic acids is 1. The van der Waals surface area contributed by atoms with Crippen LogP contribution in [0.25, 0.3) is 0 Å². The Kier molecular flexibility index (Phi) is 3.98. The van der Waals surface area contributed by atoms with Gasteiger partial charge in [0.05, 0.1) is 0 Å². The van der Waals surface area contributed by atoms with Crippen LogP contribution >= 0.6 is 0 Å². The number of fused-ring (bicyclic) bond motifs is 3. The minimum absolute atomic E-state index is 0.280. The molecule has 0 aromatic heterocycles. The summed E-state index contributed by atoms with van der Waals surface area (Å²) >= 11 is 0. The normalized spacial score (nSPS) is 30.6. The van der Waals surface area contributed by atoms with E-state index in [0.29, 0.717) is 0 Å². The van der Waals surface area contributed by atoms with Crippen LogP contribution < -0.4 is 5.32 Å². The third-order valence-corrected chi connectivity index (χ3v) is 4.67. The topological polar surface area (TPSA) is 75.6 Å². The number of ether oxygens (including phenoxy) is 1. The highest BCUT2D eigenvalue weighted by atomic mass is 16.6.